The maximum atomic E-state index is 12.2. The van der Waals surface area contributed by atoms with E-state index in [1.54, 1.807) is 18.2 Å². The highest BCUT2D eigenvalue weighted by Gasteiger charge is 2.14. The van der Waals surface area contributed by atoms with Gasteiger partial charge in [-0.2, -0.15) is 5.10 Å². The molecule has 0 atom stereocenters. The van der Waals surface area contributed by atoms with Gasteiger partial charge in [-0.3, -0.25) is 4.79 Å². The maximum absolute atomic E-state index is 12.2. The van der Waals surface area contributed by atoms with Gasteiger partial charge >= 0.3 is 0 Å². The molecule has 0 spiro atoms. The SMILES string of the molecule is Cc1cc(Cl)ccc1OCC(=O)NCc1c(C)nn(-c2ccccc2)c1C. The van der Waals surface area contributed by atoms with Crippen LogP contribution in [0.4, 0.5) is 0 Å². The Balaban J connectivity index is 1.61. The highest BCUT2D eigenvalue weighted by Crippen LogP contribution is 2.21. The molecule has 3 rings (SSSR count). The third kappa shape index (κ3) is 4.49. The van der Waals surface area contributed by atoms with E-state index in [0.717, 1.165) is 28.2 Å². The summed E-state index contributed by atoms with van der Waals surface area (Å²) >= 11 is 5.93. The average molecular weight is 384 g/mol. The Kier molecular flexibility index (Phi) is 5.81. The molecule has 0 aliphatic carbocycles. The summed E-state index contributed by atoms with van der Waals surface area (Å²) in [6, 6.07) is 15.2. The molecule has 0 aliphatic rings. The predicted octanol–water partition coefficient (Wildman–Crippen LogP) is 4.15. The molecule has 0 bridgehead atoms. The van der Waals surface area contributed by atoms with E-state index in [2.05, 4.69) is 10.4 Å². The Hall–Kier alpha value is -2.79. The minimum atomic E-state index is -0.185. The van der Waals surface area contributed by atoms with Gasteiger partial charge in [0.05, 0.1) is 11.4 Å². The Labute approximate surface area is 163 Å². The zero-order valence-electron chi connectivity index (χ0n) is 15.6. The molecule has 0 saturated heterocycles. The van der Waals surface area contributed by atoms with E-state index in [0.29, 0.717) is 17.3 Å². The number of nitrogens with one attached hydrogen (secondary N) is 1. The summed E-state index contributed by atoms with van der Waals surface area (Å²) < 4.78 is 7.48. The van der Waals surface area contributed by atoms with Gasteiger partial charge in [-0.05, 0) is 56.7 Å². The fraction of sp³-hybridized carbons (Fsp3) is 0.238. The number of para-hydroxylation sites is 1. The van der Waals surface area contributed by atoms with Gasteiger partial charge in [-0.15, -0.1) is 0 Å². The largest absolute Gasteiger partial charge is 0.484 e. The van der Waals surface area contributed by atoms with Crippen molar-refractivity contribution in [3.63, 3.8) is 0 Å². The zero-order chi connectivity index (χ0) is 19.4. The topological polar surface area (TPSA) is 56.1 Å². The molecule has 140 valence electrons. The average Bonchev–Trinajstić information content (AvgIpc) is 2.94. The highest BCUT2D eigenvalue weighted by atomic mass is 35.5. The van der Waals surface area contributed by atoms with Crippen LogP contribution in [0, 0.1) is 20.8 Å². The standard InChI is InChI=1S/C21H22ClN3O2/c1-14-11-17(22)9-10-20(14)27-13-21(26)23-12-19-15(2)24-25(16(19)3)18-7-5-4-6-8-18/h4-11H,12-13H2,1-3H3,(H,23,26). The summed E-state index contributed by atoms with van der Waals surface area (Å²) in [6.07, 6.45) is 0. The lowest BCUT2D eigenvalue weighted by molar-refractivity contribution is -0.123. The van der Waals surface area contributed by atoms with Crippen molar-refractivity contribution in [2.24, 2.45) is 0 Å². The van der Waals surface area contributed by atoms with Crippen molar-refractivity contribution in [3.05, 3.63) is 76.1 Å². The number of benzene rings is 2. The van der Waals surface area contributed by atoms with Crippen LogP contribution in [0.1, 0.15) is 22.5 Å². The van der Waals surface area contributed by atoms with E-state index < -0.39 is 0 Å². The first-order chi connectivity index (χ1) is 13.0. The molecule has 6 heteroatoms. The van der Waals surface area contributed by atoms with Crippen LogP contribution in [0.2, 0.25) is 5.02 Å². The summed E-state index contributed by atoms with van der Waals surface area (Å²) in [4.78, 5) is 12.2. The minimum Gasteiger partial charge on any atom is -0.484 e. The van der Waals surface area contributed by atoms with Crippen LogP contribution in [0.5, 0.6) is 5.75 Å². The van der Waals surface area contributed by atoms with E-state index in [9.17, 15) is 4.79 Å². The van der Waals surface area contributed by atoms with Crippen LogP contribution in [-0.4, -0.2) is 22.3 Å². The summed E-state index contributed by atoms with van der Waals surface area (Å²) in [5, 5.41) is 8.14. The van der Waals surface area contributed by atoms with Crippen molar-refractivity contribution >= 4 is 17.5 Å². The number of nitrogens with zero attached hydrogens (tertiary/aromatic N) is 2. The van der Waals surface area contributed by atoms with E-state index in [4.69, 9.17) is 16.3 Å². The maximum Gasteiger partial charge on any atom is 0.258 e. The third-order valence-corrected chi connectivity index (χ3v) is 4.64. The summed E-state index contributed by atoms with van der Waals surface area (Å²) in [5.41, 5.74) is 4.80. The molecule has 0 saturated carbocycles. The zero-order valence-corrected chi connectivity index (χ0v) is 16.4. The van der Waals surface area contributed by atoms with Crippen LogP contribution >= 0.6 is 11.6 Å². The van der Waals surface area contributed by atoms with Crippen molar-refractivity contribution in [1.29, 1.82) is 0 Å². The van der Waals surface area contributed by atoms with Gasteiger partial charge in [0.1, 0.15) is 5.75 Å². The molecule has 2 aromatic carbocycles. The second-order valence-electron chi connectivity index (χ2n) is 6.37. The van der Waals surface area contributed by atoms with Crippen LogP contribution in [-0.2, 0) is 11.3 Å². The van der Waals surface area contributed by atoms with Crippen molar-refractivity contribution in [2.45, 2.75) is 27.3 Å². The van der Waals surface area contributed by atoms with E-state index in [1.807, 2.05) is 55.8 Å². The van der Waals surface area contributed by atoms with Gasteiger partial charge in [-0.25, -0.2) is 4.68 Å². The molecule has 1 heterocycles. The molecule has 0 unspecified atom stereocenters. The van der Waals surface area contributed by atoms with Crippen LogP contribution in [0.15, 0.2) is 48.5 Å². The number of hydrogen-bond acceptors (Lipinski definition) is 3. The molecule has 0 fully saturated rings. The first-order valence-electron chi connectivity index (χ1n) is 8.72. The van der Waals surface area contributed by atoms with Gasteiger partial charge in [-0.1, -0.05) is 29.8 Å². The molecular weight excluding hydrogens is 362 g/mol. The second-order valence-corrected chi connectivity index (χ2v) is 6.81. The number of aryl methyl sites for hydroxylation is 2. The summed E-state index contributed by atoms with van der Waals surface area (Å²) in [5.74, 6) is 0.467. The first-order valence-corrected chi connectivity index (χ1v) is 9.09. The fourth-order valence-corrected chi connectivity index (χ4v) is 3.13. The smallest absolute Gasteiger partial charge is 0.258 e. The van der Waals surface area contributed by atoms with Crippen molar-refractivity contribution in [1.82, 2.24) is 15.1 Å². The first kappa shape index (κ1) is 19.0. The number of halogens is 1. The van der Waals surface area contributed by atoms with Crippen LogP contribution < -0.4 is 10.1 Å². The Bertz CT molecular complexity index is 952. The molecule has 27 heavy (non-hydrogen) atoms. The van der Waals surface area contributed by atoms with Gasteiger partial charge in [0.15, 0.2) is 6.61 Å². The van der Waals surface area contributed by atoms with Gasteiger partial charge in [0.25, 0.3) is 5.91 Å². The van der Waals surface area contributed by atoms with E-state index in [1.165, 1.54) is 0 Å². The Morgan fingerprint density at radius 3 is 2.59 bits per heavy atom. The Morgan fingerprint density at radius 2 is 1.89 bits per heavy atom. The molecule has 1 N–H and O–H groups in total. The number of carbonyl (C=O) groups excluding carboxylic acids is 1. The van der Waals surface area contributed by atoms with Crippen molar-refractivity contribution in [3.8, 4) is 11.4 Å². The molecule has 0 radical (unpaired) electrons. The van der Waals surface area contributed by atoms with Crippen LogP contribution in [0.3, 0.4) is 0 Å². The van der Waals surface area contributed by atoms with Gasteiger partial charge in [0, 0.05) is 22.8 Å². The number of rotatable bonds is 6. The third-order valence-electron chi connectivity index (χ3n) is 4.40. The molecule has 3 aromatic rings. The quantitative estimate of drug-likeness (QED) is 0.695. The van der Waals surface area contributed by atoms with E-state index >= 15 is 0 Å². The summed E-state index contributed by atoms with van der Waals surface area (Å²) in [7, 11) is 0. The van der Waals surface area contributed by atoms with Crippen molar-refractivity contribution in [2.75, 3.05) is 6.61 Å². The molecule has 1 amide bonds. The van der Waals surface area contributed by atoms with Gasteiger partial charge < -0.3 is 10.1 Å². The number of ether oxygens (including phenoxy) is 1. The number of aromatic nitrogens is 2. The lowest BCUT2D eigenvalue weighted by atomic mass is 10.2. The fourth-order valence-electron chi connectivity index (χ4n) is 2.91. The lowest BCUT2D eigenvalue weighted by Crippen LogP contribution is -2.28. The number of hydrogen-bond donors (Lipinski definition) is 1. The Morgan fingerprint density at radius 1 is 1.15 bits per heavy atom. The van der Waals surface area contributed by atoms with E-state index in [-0.39, 0.29) is 12.5 Å². The molecule has 1 aromatic heterocycles. The highest BCUT2D eigenvalue weighted by molar-refractivity contribution is 6.30. The normalized spacial score (nSPS) is 10.7. The second kappa shape index (κ2) is 8.27. The van der Waals surface area contributed by atoms with Gasteiger partial charge in [0.2, 0.25) is 0 Å². The lowest BCUT2D eigenvalue weighted by Gasteiger charge is -2.10. The predicted molar refractivity (Wildman–Crippen MR) is 107 cm³/mol. The van der Waals surface area contributed by atoms with Crippen LogP contribution in [0.25, 0.3) is 5.69 Å². The molecule has 0 aliphatic heterocycles. The molecular formula is C21H22ClN3O2. The summed E-state index contributed by atoms with van der Waals surface area (Å²) in [6.45, 7) is 6.20. The molecule has 5 nitrogen and oxygen atoms in total. The minimum absolute atomic E-state index is 0.0482. The van der Waals surface area contributed by atoms with Crippen molar-refractivity contribution < 1.29 is 9.53 Å². The monoisotopic (exact) mass is 383 g/mol. The number of carbonyl (C=O) groups is 1. The number of amides is 1.